The van der Waals surface area contributed by atoms with Gasteiger partial charge < -0.3 is 4.74 Å². The lowest BCUT2D eigenvalue weighted by Crippen LogP contribution is -2.03. The Morgan fingerprint density at radius 2 is 1.54 bits per heavy atom. The van der Waals surface area contributed by atoms with Gasteiger partial charge in [-0.2, -0.15) is 0 Å². The molecule has 8 heteroatoms. The summed E-state index contributed by atoms with van der Waals surface area (Å²) in [7, 11) is 0. The third kappa shape index (κ3) is 4.23. The molecule has 0 aromatic heterocycles. The Hall–Kier alpha value is -3.55. The molecule has 2 rings (SSSR count). The third-order valence-corrected chi connectivity index (χ3v) is 3.09. The standard InChI is InChI=1S/C16H12N2O6/c19-16(10-9-12-5-1-3-7-14(12)17(20)21)24-11-13-6-2-4-8-15(13)18(22)23/h1-10H,11H2/b10-9+. The van der Waals surface area contributed by atoms with Crippen LogP contribution in [0.25, 0.3) is 6.08 Å². The van der Waals surface area contributed by atoms with E-state index in [1.807, 2.05) is 0 Å². The average molecular weight is 328 g/mol. The first-order valence-corrected chi connectivity index (χ1v) is 6.79. The highest BCUT2D eigenvalue weighted by atomic mass is 16.6. The lowest BCUT2D eigenvalue weighted by atomic mass is 10.1. The first kappa shape index (κ1) is 16.8. The number of hydrogen-bond donors (Lipinski definition) is 0. The quantitative estimate of drug-likeness (QED) is 0.348. The normalized spacial score (nSPS) is 10.5. The first-order valence-electron chi connectivity index (χ1n) is 6.79. The highest BCUT2D eigenvalue weighted by Gasteiger charge is 2.14. The van der Waals surface area contributed by atoms with E-state index in [-0.39, 0.29) is 29.1 Å². The summed E-state index contributed by atoms with van der Waals surface area (Å²) in [5.74, 6) is -0.758. The molecule has 0 aliphatic carbocycles. The molecule has 0 aliphatic heterocycles. The van der Waals surface area contributed by atoms with Gasteiger partial charge >= 0.3 is 5.97 Å². The molecular weight excluding hydrogens is 316 g/mol. The number of carbonyl (C=O) groups excluding carboxylic acids is 1. The van der Waals surface area contributed by atoms with Crippen LogP contribution in [0.1, 0.15) is 11.1 Å². The number of benzene rings is 2. The van der Waals surface area contributed by atoms with E-state index in [4.69, 9.17) is 4.74 Å². The summed E-state index contributed by atoms with van der Waals surface area (Å²) >= 11 is 0. The number of rotatable bonds is 6. The second kappa shape index (κ2) is 7.63. The highest BCUT2D eigenvalue weighted by molar-refractivity contribution is 5.87. The van der Waals surface area contributed by atoms with Crippen LogP contribution >= 0.6 is 0 Å². The van der Waals surface area contributed by atoms with Crippen LogP contribution in [0.5, 0.6) is 0 Å². The predicted molar refractivity (Wildman–Crippen MR) is 85.0 cm³/mol. The predicted octanol–water partition coefficient (Wildman–Crippen LogP) is 3.26. The van der Waals surface area contributed by atoms with Crippen molar-refractivity contribution < 1.29 is 19.4 Å². The minimum absolute atomic E-state index is 0.139. The van der Waals surface area contributed by atoms with Crippen molar-refractivity contribution in [3.63, 3.8) is 0 Å². The Balaban J connectivity index is 2.05. The molecule has 0 atom stereocenters. The van der Waals surface area contributed by atoms with Crippen molar-refractivity contribution in [1.29, 1.82) is 0 Å². The largest absolute Gasteiger partial charge is 0.457 e. The van der Waals surface area contributed by atoms with Crippen LogP contribution in [-0.2, 0) is 16.1 Å². The molecule has 0 N–H and O–H groups in total. The molecule has 0 spiro atoms. The van der Waals surface area contributed by atoms with Gasteiger partial charge in [-0.1, -0.05) is 24.3 Å². The number of esters is 1. The van der Waals surface area contributed by atoms with Gasteiger partial charge in [-0.05, 0) is 18.2 Å². The highest BCUT2D eigenvalue weighted by Crippen LogP contribution is 2.20. The number of hydrogen-bond acceptors (Lipinski definition) is 6. The number of para-hydroxylation sites is 2. The number of nitro groups is 2. The van der Waals surface area contributed by atoms with Gasteiger partial charge in [-0.25, -0.2) is 4.79 Å². The van der Waals surface area contributed by atoms with E-state index in [9.17, 15) is 25.0 Å². The van der Waals surface area contributed by atoms with Crippen LogP contribution in [0.4, 0.5) is 11.4 Å². The molecule has 0 aliphatic rings. The van der Waals surface area contributed by atoms with Gasteiger partial charge in [0.25, 0.3) is 11.4 Å². The van der Waals surface area contributed by atoms with Crippen molar-refractivity contribution >= 4 is 23.4 Å². The smallest absolute Gasteiger partial charge is 0.331 e. The summed E-state index contributed by atoms with van der Waals surface area (Å²) in [5.41, 5.74) is 0.230. The van der Waals surface area contributed by atoms with E-state index in [0.29, 0.717) is 0 Å². The second-order valence-corrected chi connectivity index (χ2v) is 4.64. The van der Waals surface area contributed by atoms with Gasteiger partial charge in [-0.15, -0.1) is 0 Å². The minimum atomic E-state index is -0.758. The fourth-order valence-corrected chi connectivity index (χ4v) is 1.96. The third-order valence-electron chi connectivity index (χ3n) is 3.09. The van der Waals surface area contributed by atoms with Gasteiger partial charge in [-0.3, -0.25) is 20.2 Å². The summed E-state index contributed by atoms with van der Waals surface area (Å²) in [6.07, 6.45) is 2.30. The van der Waals surface area contributed by atoms with Crippen molar-refractivity contribution in [2.75, 3.05) is 0 Å². The molecule has 0 heterocycles. The molecule has 0 amide bonds. The maximum Gasteiger partial charge on any atom is 0.331 e. The monoisotopic (exact) mass is 328 g/mol. The molecule has 122 valence electrons. The van der Waals surface area contributed by atoms with Crippen molar-refractivity contribution in [1.82, 2.24) is 0 Å². The Morgan fingerprint density at radius 1 is 0.958 bits per heavy atom. The average Bonchev–Trinajstić information content (AvgIpc) is 2.58. The SMILES string of the molecule is O=C(/C=C/c1ccccc1[N+](=O)[O-])OCc1ccccc1[N+](=O)[O-]. The van der Waals surface area contributed by atoms with E-state index in [1.165, 1.54) is 42.5 Å². The molecule has 0 saturated carbocycles. The molecule has 2 aromatic rings. The number of carbonyl (C=O) groups is 1. The van der Waals surface area contributed by atoms with Crippen LogP contribution in [0, 0.1) is 20.2 Å². The number of nitro benzene ring substituents is 2. The van der Waals surface area contributed by atoms with E-state index in [1.54, 1.807) is 12.1 Å². The summed E-state index contributed by atoms with van der Waals surface area (Å²) < 4.78 is 4.94. The lowest BCUT2D eigenvalue weighted by molar-refractivity contribution is -0.385. The molecular formula is C16H12N2O6. The summed E-state index contributed by atoms with van der Waals surface area (Å²) in [6, 6.07) is 11.8. The van der Waals surface area contributed by atoms with E-state index in [2.05, 4.69) is 0 Å². The fraction of sp³-hybridized carbons (Fsp3) is 0.0625. The van der Waals surface area contributed by atoms with Crippen molar-refractivity contribution in [3.8, 4) is 0 Å². The number of nitrogens with zero attached hydrogens (tertiary/aromatic N) is 2. The molecule has 0 fully saturated rings. The van der Waals surface area contributed by atoms with Gasteiger partial charge in [0, 0.05) is 18.2 Å². The molecule has 8 nitrogen and oxygen atoms in total. The van der Waals surface area contributed by atoms with Crippen LogP contribution in [0.2, 0.25) is 0 Å². The van der Waals surface area contributed by atoms with Crippen molar-refractivity contribution in [2.24, 2.45) is 0 Å². The van der Waals surface area contributed by atoms with Gasteiger partial charge in [0.15, 0.2) is 0 Å². The van der Waals surface area contributed by atoms with Crippen molar-refractivity contribution in [2.45, 2.75) is 6.61 Å². The summed E-state index contributed by atoms with van der Waals surface area (Å²) in [6.45, 7) is -0.267. The maximum absolute atomic E-state index is 11.7. The lowest BCUT2D eigenvalue weighted by Gasteiger charge is -2.03. The molecule has 0 unspecified atom stereocenters. The zero-order chi connectivity index (χ0) is 17.5. The summed E-state index contributed by atoms with van der Waals surface area (Å²) in [4.78, 5) is 32.3. The van der Waals surface area contributed by atoms with Crippen LogP contribution in [0.3, 0.4) is 0 Å². The molecule has 0 saturated heterocycles. The Labute approximate surface area is 136 Å². The molecule has 2 aromatic carbocycles. The zero-order valence-electron chi connectivity index (χ0n) is 12.3. The number of ether oxygens (including phenoxy) is 1. The van der Waals surface area contributed by atoms with Crippen LogP contribution in [0.15, 0.2) is 54.6 Å². The van der Waals surface area contributed by atoms with Crippen LogP contribution < -0.4 is 0 Å². The second-order valence-electron chi connectivity index (χ2n) is 4.64. The Kier molecular flexibility index (Phi) is 5.35. The fourth-order valence-electron chi connectivity index (χ4n) is 1.96. The van der Waals surface area contributed by atoms with Crippen molar-refractivity contribution in [3.05, 3.63) is 86.0 Å². The van der Waals surface area contributed by atoms with Gasteiger partial charge in [0.2, 0.25) is 0 Å². The van der Waals surface area contributed by atoms with E-state index < -0.39 is 15.8 Å². The summed E-state index contributed by atoms with van der Waals surface area (Å²) in [5, 5.41) is 21.7. The molecule has 24 heavy (non-hydrogen) atoms. The molecule has 0 bridgehead atoms. The first-order chi connectivity index (χ1) is 11.5. The maximum atomic E-state index is 11.7. The van der Waals surface area contributed by atoms with Crippen LogP contribution in [-0.4, -0.2) is 15.8 Å². The van der Waals surface area contributed by atoms with E-state index >= 15 is 0 Å². The van der Waals surface area contributed by atoms with Gasteiger partial charge in [0.05, 0.1) is 21.0 Å². The zero-order valence-corrected chi connectivity index (χ0v) is 12.3. The Morgan fingerprint density at radius 3 is 2.21 bits per heavy atom. The molecule has 0 radical (unpaired) electrons. The van der Waals surface area contributed by atoms with E-state index in [0.717, 1.165) is 6.08 Å². The minimum Gasteiger partial charge on any atom is -0.457 e. The topological polar surface area (TPSA) is 113 Å². The van der Waals surface area contributed by atoms with Gasteiger partial charge in [0.1, 0.15) is 6.61 Å². The Bertz CT molecular complexity index is 816.